The van der Waals surface area contributed by atoms with Crippen molar-refractivity contribution in [3.05, 3.63) is 89.4 Å². The van der Waals surface area contributed by atoms with Gasteiger partial charge >= 0.3 is 0 Å². The summed E-state index contributed by atoms with van der Waals surface area (Å²) in [5.41, 5.74) is 4.66. The molecule has 0 saturated carbocycles. The summed E-state index contributed by atoms with van der Waals surface area (Å²) in [7, 11) is 0. The van der Waals surface area contributed by atoms with Crippen molar-refractivity contribution in [2.45, 2.75) is 36.6 Å². The number of amides is 1. The van der Waals surface area contributed by atoms with Crippen molar-refractivity contribution < 1.29 is 4.79 Å². The minimum Gasteiger partial charge on any atom is -0.384 e. The molecule has 0 radical (unpaired) electrons. The third kappa shape index (κ3) is 7.87. The van der Waals surface area contributed by atoms with Crippen LogP contribution in [-0.4, -0.2) is 53.5 Å². The Hall–Kier alpha value is -4.17. The molecular weight excluding hydrogens is 665 g/mol. The summed E-state index contributed by atoms with van der Waals surface area (Å²) in [6, 6.07) is 22.2. The standard InChI is InChI=1S/C34H34N8OS4/c1-5-41-30(37-39-32(41)45-18-16-35-26-9-7-6-8-10-26)25-19-28(46-21-25)23-11-13-27(14-12-23)36-29(43)22-47-33-40-38-31(24-15-17-44-20-24)42(33)34(2,3)4/h5-15,17,19-21,35H,1,16,18,22H2,2-4H3,(H,36,43). The van der Waals surface area contributed by atoms with Crippen LogP contribution in [0.15, 0.2) is 99.8 Å². The van der Waals surface area contributed by atoms with Crippen LogP contribution in [-0.2, 0) is 10.3 Å². The Labute approximate surface area is 290 Å². The largest absolute Gasteiger partial charge is 0.384 e. The second-order valence-corrected chi connectivity index (χ2v) is 15.1. The Kier molecular flexibility index (Phi) is 10.3. The minimum absolute atomic E-state index is 0.102. The first-order chi connectivity index (χ1) is 22.8. The van der Waals surface area contributed by atoms with Gasteiger partial charge in [0.2, 0.25) is 5.91 Å². The number of nitrogens with one attached hydrogen (secondary N) is 2. The Bertz CT molecular complexity index is 1940. The third-order valence-electron chi connectivity index (χ3n) is 7.01. The van der Waals surface area contributed by atoms with Gasteiger partial charge in [0, 0.05) is 62.2 Å². The van der Waals surface area contributed by atoms with E-state index in [1.807, 2.05) is 58.5 Å². The molecule has 0 atom stereocenters. The lowest BCUT2D eigenvalue weighted by Gasteiger charge is -2.24. The van der Waals surface area contributed by atoms with E-state index in [1.165, 1.54) is 11.8 Å². The molecule has 0 saturated heterocycles. The van der Waals surface area contributed by atoms with Crippen LogP contribution in [0.25, 0.3) is 39.4 Å². The van der Waals surface area contributed by atoms with Gasteiger partial charge in [-0.25, -0.2) is 0 Å². The monoisotopic (exact) mass is 698 g/mol. The first-order valence-electron chi connectivity index (χ1n) is 14.9. The molecular formula is C34H34N8OS4. The second-order valence-electron chi connectivity index (χ2n) is 11.4. The minimum atomic E-state index is -0.236. The van der Waals surface area contributed by atoms with Crippen LogP contribution in [0.1, 0.15) is 20.8 Å². The highest BCUT2D eigenvalue weighted by molar-refractivity contribution is 7.99. The molecule has 0 aliphatic rings. The van der Waals surface area contributed by atoms with Gasteiger partial charge in [-0.15, -0.1) is 31.7 Å². The van der Waals surface area contributed by atoms with E-state index in [4.69, 9.17) is 0 Å². The van der Waals surface area contributed by atoms with Crippen molar-refractivity contribution in [3.63, 3.8) is 0 Å². The van der Waals surface area contributed by atoms with Gasteiger partial charge in [0.05, 0.1) is 5.75 Å². The molecule has 6 rings (SSSR count). The van der Waals surface area contributed by atoms with Crippen molar-refractivity contribution in [2.75, 3.05) is 28.7 Å². The van der Waals surface area contributed by atoms with Crippen LogP contribution < -0.4 is 10.6 Å². The van der Waals surface area contributed by atoms with Gasteiger partial charge in [0.25, 0.3) is 0 Å². The number of thioether (sulfide) groups is 2. The summed E-state index contributed by atoms with van der Waals surface area (Å²) in [5, 5.41) is 31.9. The number of carbonyl (C=O) groups excluding carboxylic acids is 1. The van der Waals surface area contributed by atoms with Crippen LogP contribution in [0.4, 0.5) is 11.4 Å². The number of aromatic nitrogens is 6. The Balaban J connectivity index is 1.05. The number of nitrogens with zero attached hydrogens (tertiary/aromatic N) is 6. The second kappa shape index (κ2) is 14.7. The summed E-state index contributed by atoms with van der Waals surface area (Å²) in [4.78, 5) is 14.0. The van der Waals surface area contributed by atoms with E-state index in [-0.39, 0.29) is 17.2 Å². The van der Waals surface area contributed by atoms with Crippen molar-refractivity contribution in [1.29, 1.82) is 0 Å². The van der Waals surface area contributed by atoms with Crippen molar-refractivity contribution in [1.82, 2.24) is 29.5 Å². The molecule has 47 heavy (non-hydrogen) atoms. The van der Waals surface area contributed by atoms with Gasteiger partial charge in [0.1, 0.15) is 0 Å². The summed E-state index contributed by atoms with van der Waals surface area (Å²) >= 11 is 6.28. The molecule has 2 aromatic carbocycles. The molecule has 6 aromatic rings. The first kappa shape index (κ1) is 32.8. The van der Waals surface area contributed by atoms with Gasteiger partial charge < -0.3 is 10.6 Å². The maximum Gasteiger partial charge on any atom is 0.234 e. The highest BCUT2D eigenvalue weighted by Gasteiger charge is 2.25. The molecule has 9 nitrogen and oxygen atoms in total. The maximum atomic E-state index is 12.9. The fourth-order valence-electron chi connectivity index (χ4n) is 4.83. The number of anilines is 2. The number of para-hydroxylation sites is 1. The quantitative estimate of drug-likeness (QED) is 0.0912. The lowest BCUT2D eigenvalue weighted by Crippen LogP contribution is -2.24. The fraction of sp³-hybridized carbons (Fsp3) is 0.206. The van der Waals surface area contributed by atoms with Crippen LogP contribution in [0.2, 0.25) is 0 Å². The summed E-state index contributed by atoms with van der Waals surface area (Å²) < 4.78 is 4.03. The predicted octanol–water partition coefficient (Wildman–Crippen LogP) is 8.78. The molecule has 1 amide bonds. The van der Waals surface area contributed by atoms with Gasteiger partial charge in [-0.05, 0) is 68.1 Å². The Morgan fingerprint density at radius 2 is 1.64 bits per heavy atom. The van der Waals surface area contributed by atoms with Crippen molar-refractivity contribution >= 4 is 69.7 Å². The summed E-state index contributed by atoms with van der Waals surface area (Å²) in [6.07, 6.45) is 1.75. The molecule has 0 spiro atoms. The maximum absolute atomic E-state index is 12.9. The predicted molar refractivity (Wildman–Crippen MR) is 198 cm³/mol. The average molecular weight is 699 g/mol. The molecule has 0 aliphatic heterocycles. The van der Waals surface area contributed by atoms with Crippen molar-refractivity contribution in [3.8, 4) is 33.2 Å². The van der Waals surface area contributed by atoms with E-state index in [0.29, 0.717) is 0 Å². The van der Waals surface area contributed by atoms with E-state index >= 15 is 0 Å². The van der Waals surface area contributed by atoms with Crippen LogP contribution >= 0.6 is 46.2 Å². The van der Waals surface area contributed by atoms with Crippen LogP contribution in [0.3, 0.4) is 0 Å². The topological polar surface area (TPSA) is 103 Å². The zero-order valence-corrected chi connectivity index (χ0v) is 29.5. The number of hydrogen-bond donors (Lipinski definition) is 2. The SMILES string of the molecule is C=Cn1c(SCCNc2ccccc2)nnc1-c1csc(-c2ccc(NC(=O)CSc3nnc(-c4ccsc4)n3C(C)(C)C)cc2)c1. The molecule has 4 aromatic heterocycles. The first-order valence-corrected chi connectivity index (χ1v) is 18.7. The normalized spacial score (nSPS) is 11.5. The number of rotatable bonds is 13. The van der Waals surface area contributed by atoms with E-state index in [1.54, 1.807) is 40.6 Å². The van der Waals surface area contributed by atoms with E-state index in [2.05, 4.69) is 91.9 Å². The van der Waals surface area contributed by atoms with Crippen LogP contribution in [0.5, 0.6) is 0 Å². The number of thiophene rings is 2. The molecule has 240 valence electrons. The smallest absolute Gasteiger partial charge is 0.234 e. The molecule has 0 aliphatic carbocycles. The lowest BCUT2D eigenvalue weighted by atomic mass is 10.1. The molecule has 13 heteroatoms. The third-order valence-corrected chi connectivity index (χ3v) is 10.5. The van der Waals surface area contributed by atoms with Crippen LogP contribution in [0, 0.1) is 0 Å². The molecule has 0 fully saturated rings. The molecule has 4 heterocycles. The summed E-state index contributed by atoms with van der Waals surface area (Å²) in [6.45, 7) is 11.1. The number of carbonyl (C=O) groups is 1. The summed E-state index contributed by atoms with van der Waals surface area (Å²) in [5.74, 6) is 2.53. The van der Waals surface area contributed by atoms with Gasteiger partial charge in [-0.2, -0.15) is 11.3 Å². The number of hydrogen-bond acceptors (Lipinski definition) is 10. The van der Waals surface area contributed by atoms with Crippen molar-refractivity contribution in [2.24, 2.45) is 0 Å². The Morgan fingerprint density at radius 1 is 0.872 bits per heavy atom. The number of benzene rings is 2. The molecule has 0 unspecified atom stereocenters. The highest BCUT2D eigenvalue weighted by atomic mass is 32.2. The van der Waals surface area contributed by atoms with Gasteiger partial charge in [-0.3, -0.25) is 13.9 Å². The Morgan fingerprint density at radius 3 is 2.36 bits per heavy atom. The fourth-order valence-corrected chi connectivity index (χ4v) is 8.06. The van der Waals surface area contributed by atoms with E-state index in [0.717, 1.165) is 67.2 Å². The van der Waals surface area contributed by atoms with Gasteiger partial charge in [0.15, 0.2) is 22.0 Å². The van der Waals surface area contributed by atoms with E-state index < -0.39 is 0 Å². The van der Waals surface area contributed by atoms with E-state index in [9.17, 15) is 4.79 Å². The highest BCUT2D eigenvalue weighted by Crippen LogP contribution is 2.35. The van der Waals surface area contributed by atoms with Gasteiger partial charge in [-0.1, -0.05) is 60.4 Å². The average Bonchev–Trinajstić information content (AvgIpc) is 3.89. The zero-order valence-electron chi connectivity index (χ0n) is 26.2. The molecule has 0 bridgehead atoms. The zero-order chi connectivity index (χ0) is 32.8. The molecule has 2 N–H and O–H groups in total. The lowest BCUT2D eigenvalue weighted by molar-refractivity contribution is -0.113.